The molecule has 0 aliphatic heterocycles. The van der Waals surface area contributed by atoms with E-state index in [-0.39, 0.29) is 0 Å². The highest BCUT2D eigenvalue weighted by Gasteiger charge is 2.11. The maximum Gasteiger partial charge on any atom is 0.247 e. The minimum absolute atomic E-state index is 0.494. The molecular formula is C11H10N4O. The number of benzene rings is 1. The van der Waals surface area contributed by atoms with E-state index < -0.39 is 0 Å². The third-order valence-corrected chi connectivity index (χ3v) is 2.37. The SMILES string of the molecule is Cn1cnc(-c2nc3c(N)cccc3o2)c1. The zero-order chi connectivity index (χ0) is 11.1. The molecule has 5 heteroatoms. The van der Waals surface area contributed by atoms with E-state index in [9.17, 15) is 0 Å². The number of nitrogens with two attached hydrogens (primary N) is 1. The number of fused-ring (bicyclic) bond motifs is 1. The fraction of sp³-hybridized carbons (Fsp3) is 0.0909. The zero-order valence-corrected chi connectivity index (χ0v) is 8.71. The van der Waals surface area contributed by atoms with Crippen LogP contribution >= 0.6 is 0 Å². The number of nitrogen functional groups attached to an aromatic ring is 1. The molecule has 1 aromatic carbocycles. The number of anilines is 1. The van der Waals surface area contributed by atoms with Crippen LogP contribution in [0.4, 0.5) is 5.69 Å². The molecule has 0 spiro atoms. The highest BCUT2D eigenvalue weighted by Crippen LogP contribution is 2.25. The third-order valence-electron chi connectivity index (χ3n) is 2.37. The maximum absolute atomic E-state index is 5.80. The fourth-order valence-electron chi connectivity index (χ4n) is 1.60. The number of rotatable bonds is 1. The second kappa shape index (κ2) is 3.10. The normalized spacial score (nSPS) is 11.1. The van der Waals surface area contributed by atoms with Gasteiger partial charge in [0.15, 0.2) is 5.58 Å². The van der Waals surface area contributed by atoms with E-state index in [2.05, 4.69) is 9.97 Å². The Bertz CT molecular complexity index is 653. The summed E-state index contributed by atoms with van der Waals surface area (Å²) in [5.74, 6) is 0.494. The minimum atomic E-state index is 0.494. The Morgan fingerprint density at radius 2 is 2.25 bits per heavy atom. The van der Waals surface area contributed by atoms with Crippen molar-refractivity contribution in [3.63, 3.8) is 0 Å². The summed E-state index contributed by atoms with van der Waals surface area (Å²) in [5.41, 5.74) is 8.49. The zero-order valence-electron chi connectivity index (χ0n) is 8.71. The third kappa shape index (κ3) is 1.25. The minimum Gasteiger partial charge on any atom is -0.435 e. The van der Waals surface area contributed by atoms with E-state index in [0.29, 0.717) is 28.4 Å². The van der Waals surface area contributed by atoms with Gasteiger partial charge in [0.25, 0.3) is 0 Å². The van der Waals surface area contributed by atoms with E-state index in [1.165, 1.54) is 0 Å². The average molecular weight is 214 g/mol. The van der Waals surface area contributed by atoms with Crippen molar-refractivity contribution in [2.24, 2.45) is 7.05 Å². The summed E-state index contributed by atoms with van der Waals surface area (Å²) in [5, 5.41) is 0. The van der Waals surface area contributed by atoms with Gasteiger partial charge in [-0.3, -0.25) is 0 Å². The molecule has 5 nitrogen and oxygen atoms in total. The van der Waals surface area contributed by atoms with Gasteiger partial charge in [-0.1, -0.05) is 6.07 Å². The van der Waals surface area contributed by atoms with Crippen LogP contribution in [-0.4, -0.2) is 14.5 Å². The van der Waals surface area contributed by atoms with Gasteiger partial charge in [0.2, 0.25) is 5.89 Å². The molecule has 0 aliphatic carbocycles. The Morgan fingerprint density at radius 3 is 2.94 bits per heavy atom. The van der Waals surface area contributed by atoms with Crippen LogP contribution in [0.3, 0.4) is 0 Å². The monoisotopic (exact) mass is 214 g/mol. The molecule has 0 saturated carbocycles. The molecule has 2 heterocycles. The molecule has 0 fully saturated rings. The second-order valence-electron chi connectivity index (χ2n) is 3.64. The van der Waals surface area contributed by atoms with Crippen LogP contribution in [0.15, 0.2) is 35.1 Å². The van der Waals surface area contributed by atoms with Crippen LogP contribution in [0.2, 0.25) is 0 Å². The predicted molar refractivity (Wildman–Crippen MR) is 60.6 cm³/mol. The van der Waals surface area contributed by atoms with Gasteiger partial charge in [0.1, 0.15) is 11.2 Å². The first-order valence-electron chi connectivity index (χ1n) is 4.87. The molecule has 0 saturated heterocycles. The number of hydrogen-bond donors (Lipinski definition) is 1. The fourth-order valence-corrected chi connectivity index (χ4v) is 1.60. The summed E-state index contributed by atoms with van der Waals surface area (Å²) in [4.78, 5) is 8.51. The molecule has 0 bridgehead atoms. The number of oxazole rings is 1. The van der Waals surface area contributed by atoms with E-state index in [0.717, 1.165) is 0 Å². The van der Waals surface area contributed by atoms with Crippen LogP contribution < -0.4 is 5.73 Å². The Hall–Kier alpha value is -2.30. The number of nitrogens with zero attached hydrogens (tertiary/aromatic N) is 3. The lowest BCUT2D eigenvalue weighted by Gasteiger charge is -1.89. The van der Waals surface area contributed by atoms with Gasteiger partial charge in [-0.25, -0.2) is 9.97 Å². The molecule has 3 aromatic rings. The molecule has 0 unspecified atom stereocenters. The Labute approximate surface area is 91.5 Å². The van der Waals surface area contributed by atoms with Crippen molar-refractivity contribution in [3.8, 4) is 11.6 Å². The molecular weight excluding hydrogens is 204 g/mol. The van der Waals surface area contributed by atoms with E-state index in [1.54, 1.807) is 12.4 Å². The molecule has 3 rings (SSSR count). The van der Waals surface area contributed by atoms with E-state index in [4.69, 9.17) is 10.2 Å². The van der Waals surface area contributed by atoms with Gasteiger partial charge >= 0.3 is 0 Å². The van der Waals surface area contributed by atoms with Crippen molar-refractivity contribution in [3.05, 3.63) is 30.7 Å². The van der Waals surface area contributed by atoms with Crippen molar-refractivity contribution in [2.45, 2.75) is 0 Å². The highest BCUT2D eigenvalue weighted by atomic mass is 16.3. The van der Waals surface area contributed by atoms with Crippen molar-refractivity contribution in [1.29, 1.82) is 0 Å². The Kier molecular flexibility index (Phi) is 1.73. The molecule has 2 aromatic heterocycles. The number of hydrogen-bond acceptors (Lipinski definition) is 4. The molecule has 0 atom stereocenters. The lowest BCUT2D eigenvalue weighted by Crippen LogP contribution is -1.85. The van der Waals surface area contributed by atoms with Crippen LogP contribution in [-0.2, 0) is 7.05 Å². The topological polar surface area (TPSA) is 69.9 Å². The number of aryl methyl sites for hydroxylation is 1. The molecule has 16 heavy (non-hydrogen) atoms. The molecule has 2 N–H and O–H groups in total. The maximum atomic E-state index is 5.80. The average Bonchev–Trinajstić information content (AvgIpc) is 2.84. The Balaban J connectivity index is 2.22. The number of para-hydroxylation sites is 1. The smallest absolute Gasteiger partial charge is 0.247 e. The van der Waals surface area contributed by atoms with Crippen molar-refractivity contribution < 1.29 is 4.42 Å². The van der Waals surface area contributed by atoms with Gasteiger partial charge in [0, 0.05) is 13.2 Å². The first-order chi connectivity index (χ1) is 7.74. The standard InChI is InChI=1S/C11H10N4O/c1-15-5-8(13-6-15)11-14-10-7(12)3-2-4-9(10)16-11/h2-6H,12H2,1H3. The summed E-state index contributed by atoms with van der Waals surface area (Å²) >= 11 is 0. The van der Waals surface area contributed by atoms with Gasteiger partial charge in [-0.05, 0) is 12.1 Å². The quantitative estimate of drug-likeness (QED) is 0.627. The van der Waals surface area contributed by atoms with Crippen molar-refractivity contribution in [1.82, 2.24) is 14.5 Å². The van der Waals surface area contributed by atoms with E-state index in [1.807, 2.05) is 29.9 Å². The van der Waals surface area contributed by atoms with Gasteiger partial charge in [-0.15, -0.1) is 0 Å². The highest BCUT2D eigenvalue weighted by molar-refractivity contribution is 5.86. The van der Waals surface area contributed by atoms with Crippen LogP contribution in [0.1, 0.15) is 0 Å². The predicted octanol–water partition coefficient (Wildman–Crippen LogP) is 1.81. The first-order valence-corrected chi connectivity index (χ1v) is 4.87. The summed E-state index contributed by atoms with van der Waals surface area (Å²) < 4.78 is 7.42. The van der Waals surface area contributed by atoms with Crippen LogP contribution in [0.25, 0.3) is 22.7 Å². The lowest BCUT2D eigenvalue weighted by molar-refractivity contribution is 0.617. The summed E-state index contributed by atoms with van der Waals surface area (Å²) in [7, 11) is 1.90. The van der Waals surface area contributed by atoms with Gasteiger partial charge in [-0.2, -0.15) is 0 Å². The van der Waals surface area contributed by atoms with Crippen LogP contribution in [0.5, 0.6) is 0 Å². The van der Waals surface area contributed by atoms with Crippen LogP contribution in [0, 0.1) is 0 Å². The van der Waals surface area contributed by atoms with Gasteiger partial charge < -0.3 is 14.7 Å². The molecule has 0 radical (unpaired) electrons. The summed E-state index contributed by atoms with van der Waals surface area (Å²) in [6, 6.07) is 5.48. The number of aromatic nitrogens is 3. The first kappa shape index (κ1) is 8.96. The number of imidazole rings is 1. The molecule has 0 aliphatic rings. The summed E-state index contributed by atoms with van der Waals surface area (Å²) in [6.07, 6.45) is 3.55. The van der Waals surface area contributed by atoms with E-state index >= 15 is 0 Å². The summed E-state index contributed by atoms with van der Waals surface area (Å²) in [6.45, 7) is 0. The molecule has 0 amide bonds. The lowest BCUT2D eigenvalue weighted by atomic mass is 10.3. The van der Waals surface area contributed by atoms with Crippen molar-refractivity contribution in [2.75, 3.05) is 5.73 Å². The molecule has 80 valence electrons. The largest absolute Gasteiger partial charge is 0.435 e. The second-order valence-corrected chi connectivity index (χ2v) is 3.64. The van der Waals surface area contributed by atoms with Crippen molar-refractivity contribution >= 4 is 16.8 Å². The Morgan fingerprint density at radius 1 is 1.38 bits per heavy atom. The van der Waals surface area contributed by atoms with Gasteiger partial charge in [0.05, 0.1) is 12.0 Å².